The number of hydrogen-bond acceptors (Lipinski definition) is 6. The molecule has 1 saturated heterocycles. The number of hydrogen-bond donors (Lipinski definition) is 1. The molecule has 0 aliphatic carbocycles. The lowest BCUT2D eigenvalue weighted by Gasteiger charge is -2.40. The SMILES string of the molecule is CC(C)(CNc1nnc(Cc2ccc(F)cc2)s1)N1CCOCC1. The fourth-order valence-electron chi connectivity index (χ4n) is 2.75. The average Bonchev–Trinajstić information content (AvgIpc) is 3.04. The molecule has 1 aromatic carbocycles. The highest BCUT2D eigenvalue weighted by molar-refractivity contribution is 7.15. The molecule has 0 spiro atoms. The molecule has 0 unspecified atom stereocenters. The Labute approximate surface area is 145 Å². The van der Waals surface area contributed by atoms with Crippen molar-refractivity contribution in [1.82, 2.24) is 15.1 Å². The molecule has 1 fully saturated rings. The van der Waals surface area contributed by atoms with Crippen LogP contribution >= 0.6 is 11.3 Å². The number of ether oxygens (including phenoxy) is 1. The van der Waals surface area contributed by atoms with Gasteiger partial charge in [0.25, 0.3) is 0 Å². The van der Waals surface area contributed by atoms with Crippen LogP contribution in [0, 0.1) is 5.82 Å². The zero-order valence-electron chi connectivity index (χ0n) is 14.1. The first-order chi connectivity index (χ1) is 11.5. The molecular formula is C17H23FN4OS. The fraction of sp³-hybridized carbons (Fsp3) is 0.529. The standard InChI is InChI=1S/C17H23FN4OS/c1-17(2,22-7-9-23-10-8-22)12-19-16-21-20-15(24-16)11-13-3-5-14(18)6-4-13/h3-6H,7-12H2,1-2H3,(H,19,21). The summed E-state index contributed by atoms with van der Waals surface area (Å²) in [6.07, 6.45) is 0.673. The Morgan fingerprint density at radius 2 is 1.92 bits per heavy atom. The maximum atomic E-state index is 12.9. The van der Waals surface area contributed by atoms with E-state index < -0.39 is 0 Å². The van der Waals surface area contributed by atoms with E-state index in [2.05, 4.69) is 34.3 Å². The van der Waals surface area contributed by atoms with Gasteiger partial charge in [0.05, 0.1) is 13.2 Å². The summed E-state index contributed by atoms with van der Waals surface area (Å²) in [4.78, 5) is 2.43. The van der Waals surface area contributed by atoms with Gasteiger partial charge in [0.15, 0.2) is 0 Å². The van der Waals surface area contributed by atoms with Crippen LogP contribution in [0.2, 0.25) is 0 Å². The molecule has 2 aromatic rings. The van der Waals surface area contributed by atoms with Gasteiger partial charge in [-0.25, -0.2) is 4.39 Å². The van der Waals surface area contributed by atoms with Crippen molar-refractivity contribution in [2.24, 2.45) is 0 Å². The summed E-state index contributed by atoms with van der Waals surface area (Å²) in [6, 6.07) is 6.51. The van der Waals surface area contributed by atoms with Crippen molar-refractivity contribution in [2.45, 2.75) is 25.8 Å². The third-order valence-corrected chi connectivity index (χ3v) is 5.16. The molecule has 0 radical (unpaired) electrons. The Hall–Kier alpha value is -1.57. The van der Waals surface area contributed by atoms with Crippen molar-refractivity contribution in [3.63, 3.8) is 0 Å². The number of benzene rings is 1. The van der Waals surface area contributed by atoms with E-state index in [4.69, 9.17) is 4.74 Å². The number of rotatable bonds is 6. The summed E-state index contributed by atoms with van der Waals surface area (Å²) < 4.78 is 18.4. The normalized spacial score (nSPS) is 16.3. The van der Waals surface area contributed by atoms with E-state index in [-0.39, 0.29) is 11.4 Å². The van der Waals surface area contributed by atoms with Crippen molar-refractivity contribution < 1.29 is 9.13 Å². The second kappa shape index (κ2) is 7.55. The van der Waals surface area contributed by atoms with Crippen LogP contribution in [0.25, 0.3) is 0 Å². The zero-order chi connectivity index (χ0) is 17.0. The van der Waals surface area contributed by atoms with Gasteiger partial charge in [0, 0.05) is 31.6 Å². The van der Waals surface area contributed by atoms with Gasteiger partial charge in [0.2, 0.25) is 5.13 Å². The second-order valence-corrected chi connectivity index (χ2v) is 7.63. The minimum absolute atomic E-state index is 0.0343. The van der Waals surface area contributed by atoms with Crippen LogP contribution in [0.3, 0.4) is 0 Å². The van der Waals surface area contributed by atoms with Crippen LogP contribution in [-0.4, -0.2) is 53.5 Å². The highest BCUT2D eigenvalue weighted by Gasteiger charge is 2.28. The van der Waals surface area contributed by atoms with Crippen molar-refractivity contribution in [1.29, 1.82) is 0 Å². The molecule has 24 heavy (non-hydrogen) atoms. The van der Waals surface area contributed by atoms with Gasteiger partial charge in [-0.2, -0.15) is 0 Å². The molecule has 7 heteroatoms. The Morgan fingerprint density at radius 1 is 1.21 bits per heavy atom. The van der Waals surface area contributed by atoms with Crippen molar-refractivity contribution in [2.75, 3.05) is 38.2 Å². The maximum absolute atomic E-state index is 12.9. The predicted molar refractivity (Wildman–Crippen MR) is 94.1 cm³/mol. The number of nitrogens with one attached hydrogen (secondary N) is 1. The summed E-state index contributed by atoms with van der Waals surface area (Å²) >= 11 is 1.55. The lowest BCUT2D eigenvalue weighted by atomic mass is 10.0. The smallest absolute Gasteiger partial charge is 0.205 e. The first kappa shape index (κ1) is 17.3. The molecule has 2 heterocycles. The highest BCUT2D eigenvalue weighted by atomic mass is 32.1. The van der Waals surface area contributed by atoms with E-state index in [1.54, 1.807) is 23.5 Å². The highest BCUT2D eigenvalue weighted by Crippen LogP contribution is 2.21. The lowest BCUT2D eigenvalue weighted by molar-refractivity contribution is -0.00568. The lowest BCUT2D eigenvalue weighted by Crippen LogP contribution is -2.53. The second-order valence-electron chi connectivity index (χ2n) is 6.57. The van der Waals surface area contributed by atoms with E-state index in [1.165, 1.54) is 12.1 Å². The molecule has 5 nitrogen and oxygen atoms in total. The number of anilines is 1. The molecule has 0 atom stereocenters. The van der Waals surface area contributed by atoms with Crippen LogP contribution in [0.4, 0.5) is 9.52 Å². The topological polar surface area (TPSA) is 50.3 Å². The Morgan fingerprint density at radius 3 is 2.62 bits per heavy atom. The minimum Gasteiger partial charge on any atom is -0.379 e. The van der Waals surface area contributed by atoms with Crippen LogP contribution in [0.1, 0.15) is 24.4 Å². The van der Waals surface area contributed by atoms with Crippen LogP contribution in [0.5, 0.6) is 0 Å². The molecule has 1 N–H and O–H groups in total. The van der Waals surface area contributed by atoms with E-state index >= 15 is 0 Å². The summed E-state index contributed by atoms with van der Waals surface area (Å²) in [5.41, 5.74) is 1.07. The van der Waals surface area contributed by atoms with E-state index in [1.807, 2.05) is 0 Å². The third-order valence-electron chi connectivity index (χ3n) is 4.27. The van der Waals surface area contributed by atoms with Crippen molar-refractivity contribution in [3.05, 3.63) is 40.7 Å². The summed E-state index contributed by atoms with van der Waals surface area (Å²) in [5, 5.41) is 13.6. The van der Waals surface area contributed by atoms with Gasteiger partial charge in [-0.15, -0.1) is 10.2 Å². The number of halogens is 1. The number of nitrogens with zero attached hydrogens (tertiary/aromatic N) is 3. The van der Waals surface area contributed by atoms with Gasteiger partial charge in [-0.05, 0) is 31.5 Å². The Kier molecular flexibility index (Phi) is 5.43. The van der Waals surface area contributed by atoms with Gasteiger partial charge >= 0.3 is 0 Å². The fourth-order valence-corrected chi connectivity index (χ4v) is 3.52. The van der Waals surface area contributed by atoms with E-state index in [9.17, 15) is 4.39 Å². The van der Waals surface area contributed by atoms with Crippen molar-refractivity contribution in [3.8, 4) is 0 Å². The van der Waals surface area contributed by atoms with E-state index in [0.29, 0.717) is 6.42 Å². The number of morpholine rings is 1. The average molecular weight is 350 g/mol. The van der Waals surface area contributed by atoms with Gasteiger partial charge in [0.1, 0.15) is 10.8 Å². The van der Waals surface area contributed by atoms with Gasteiger partial charge in [-0.3, -0.25) is 4.90 Å². The Bertz CT molecular complexity index is 653. The summed E-state index contributed by atoms with van der Waals surface area (Å²) in [5.74, 6) is -0.219. The Balaban J connectivity index is 1.54. The van der Waals surface area contributed by atoms with Crippen LogP contribution in [-0.2, 0) is 11.2 Å². The third kappa shape index (κ3) is 4.49. The first-order valence-electron chi connectivity index (χ1n) is 8.16. The minimum atomic E-state index is -0.219. The van der Waals surface area contributed by atoms with Crippen LogP contribution in [0.15, 0.2) is 24.3 Å². The predicted octanol–water partition coefficient (Wildman–Crippen LogP) is 2.79. The monoisotopic (exact) mass is 350 g/mol. The van der Waals surface area contributed by atoms with Crippen LogP contribution < -0.4 is 5.32 Å². The van der Waals surface area contributed by atoms with E-state index in [0.717, 1.165) is 48.6 Å². The molecule has 130 valence electrons. The molecule has 1 aliphatic rings. The number of aromatic nitrogens is 2. The molecular weight excluding hydrogens is 327 g/mol. The maximum Gasteiger partial charge on any atom is 0.205 e. The molecule has 3 rings (SSSR count). The summed E-state index contributed by atoms with van der Waals surface area (Å²) in [7, 11) is 0. The molecule has 0 amide bonds. The van der Waals surface area contributed by atoms with Crippen molar-refractivity contribution >= 4 is 16.5 Å². The molecule has 0 saturated carbocycles. The quantitative estimate of drug-likeness (QED) is 0.868. The van der Waals surface area contributed by atoms with Gasteiger partial charge < -0.3 is 10.1 Å². The van der Waals surface area contributed by atoms with Gasteiger partial charge in [-0.1, -0.05) is 23.5 Å². The zero-order valence-corrected chi connectivity index (χ0v) is 14.9. The summed E-state index contributed by atoms with van der Waals surface area (Å²) in [6.45, 7) is 8.77. The largest absolute Gasteiger partial charge is 0.379 e. The molecule has 1 aromatic heterocycles. The molecule has 1 aliphatic heterocycles. The molecule has 0 bridgehead atoms. The first-order valence-corrected chi connectivity index (χ1v) is 8.98.